The van der Waals surface area contributed by atoms with Gasteiger partial charge in [0.25, 0.3) is 0 Å². The number of carboxylic acid groups (broad SMARTS) is 1. The van der Waals surface area contributed by atoms with E-state index in [1.54, 1.807) is 11.9 Å². The quantitative estimate of drug-likeness (QED) is 0.191. The van der Waals surface area contributed by atoms with Gasteiger partial charge in [-0.25, -0.2) is 4.79 Å². The molecule has 1 aliphatic heterocycles. The number of amides is 4. The second-order valence-electron chi connectivity index (χ2n) is 10.9. The van der Waals surface area contributed by atoms with Gasteiger partial charge in [0.15, 0.2) is 5.96 Å². The summed E-state index contributed by atoms with van der Waals surface area (Å²) in [7, 11) is 1.63. The minimum absolute atomic E-state index is 0. The van der Waals surface area contributed by atoms with E-state index in [0.29, 0.717) is 32.4 Å². The van der Waals surface area contributed by atoms with Crippen molar-refractivity contribution in [2.24, 2.45) is 5.73 Å². The summed E-state index contributed by atoms with van der Waals surface area (Å²) in [5.41, 5.74) is 7.32. The van der Waals surface area contributed by atoms with Gasteiger partial charge in [-0.05, 0) is 36.8 Å². The summed E-state index contributed by atoms with van der Waals surface area (Å²) in [6.45, 7) is 0.513. The van der Waals surface area contributed by atoms with E-state index in [0.717, 1.165) is 17.5 Å². The molecule has 1 saturated carbocycles. The summed E-state index contributed by atoms with van der Waals surface area (Å²) in [6.07, 6.45) is 2.45. The Labute approximate surface area is 257 Å². The predicted octanol–water partition coefficient (Wildman–Crippen LogP) is 2.15. The number of nitrogens with zero attached hydrogens (tertiary/aromatic N) is 3. The molecule has 2 aliphatic rings. The van der Waals surface area contributed by atoms with Crippen LogP contribution in [0.2, 0.25) is 0 Å². The van der Waals surface area contributed by atoms with Crippen LogP contribution in [0.5, 0.6) is 0 Å². The normalized spacial score (nSPS) is 16.8. The van der Waals surface area contributed by atoms with Crippen LogP contribution in [0.1, 0.15) is 49.3 Å². The van der Waals surface area contributed by atoms with Crippen LogP contribution >= 0.6 is 12.4 Å². The van der Waals surface area contributed by atoms with Crippen molar-refractivity contribution in [2.75, 3.05) is 26.7 Å². The van der Waals surface area contributed by atoms with E-state index >= 15 is 0 Å². The van der Waals surface area contributed by atoms with E-state index in [4.69, 9.17) is 11.1 Å². The van der Waals surface area contributed by atoms with E-state index in [2.05, 4.69) is 10.6 Å². The maximum absolute atomic E-state index is 13.7. The Morgan fingerprint density at radius 1 is 0.977 bits per heavy atom. The fraction of sp³-hybridized carbons (Fsp3) is 0.433. The molecule has 0 aromatic heterocycles. The molecule has 232 valence electrons. The summed E-state index contributed by atoms with van der Waals surface area (Å²) in [6, 6.07) is 15.8. The molecular formula is C30H40ClN7O5. The number of rotatable bonds is 11. The van der Waals surface area contributed by atoms with Gasteiger partial charge in [0, 0.05) is 32.2 Å². The van der Waals surface area contributed by atoms with Crippen molar-refractivity contribution < 1.29 is 24.3 Å². The summed E-state index contributed by atoms with van der Waals surface area (Å²) in [4.78, 5) is 56.6. The molecule has 43 heavy (non-hydrogen) atoms. The largest absolute Gasteiger partial charge is 0.480 e. The van der Waals surface area contributed by atoms with Gasteiger partial charge in [0.1, 0.15) is 12.6 Å². The standard InChI is InChI=1S/C30H39N7O5.ClH/c1-35(23-13-8-16-36(18-23)29(31)32)25(38)17-24(28(41)37(19-26(39)40)22-14-15-22)33-30(42)34-27(20-9-4-2-5-10-20)21-11-6-3-7-12-21;/h2-7,9-12,22-24,27H,8,13-19H2,1H3,(H3,31,32)(H,39,40)(H2,33,34,42);1H/t23-,24-;/m0./s1. The van der Waals surface area contributed by atoms with Crippen molar-refractivity contribution in [2.45, 2.75) is 56.3 Å². The number of carbonyl (C=O) groups is 4. The fourth-order valence-electron chi connectivity index (χ4n) is 5.31. The van der Waals surface area contributed by atoms with Crippen LogP contribution < -0.4 is 16.4 Å². The predicted molar refractivity (Wildman–Crippen MR) is 164 cm³/mol. The van der Waals surface area contributed by atoms with Crippen LogP contribution in [0.15, 0.2) is 60.7 Å². The van der Waals surface area contributed by atoms with Crippen LogP contribution in [0.4, 0.5) is 4.79 Å². The number of urea groups is 1. The summed E-state index contributed by atoms with van der Waals surface area (Å²) in [5, 5.41) is 22.8. The molecule has 0 spiro atoms. The number of guanidine groups is 1. The van der Waals surface area contributed by atoms with Crippen molar-refractivity contribution in [3.63, 3.8) is 0 Å². The molecule has 2 aromatic carbocycles. The molecule has 1 aliphatic carbocycles. The average Bonchev–Trinajstić information content (AvgIpc) is 3.84. The molecule has 0 bridgehead atoms. The van der Waals surface area contributed by atoms with Crippen molar-refractivity contribution in [1.82, 2.24) is 25.3 Å². The number of nitrogens with two attached hydrogens (primary N) is 1. The Bertz CT molecular complexity index is 1240. The van der Waals surface area contributed by atoms with Crippen LogP contribution in [-0.2, 0) is 14.4 Å². The highest BCUT2D eigenvalue weighted by molar-refractivity contribution is 5.93. The lowest BCUT2D eigenvalue weighted by molar-refractivity contribution is -0.146. The van der Waals surface area contributed by atoms with Gasteiger partial charge in [0.05, 0.1) is 12.5 Å². The van der Waals surface area contributed by atoms with E-state index < -0.39 is 36.5 Å². The van der Waals surface area contributed by atoms with E-state index in [9.17, 15) is 24.3 Å². The van der Waals surface area contributed by atoms with Crippen molar-refractivity contribution in [1.29, 1.82) is 5.41 Å². The zero-order valence-electron chi connectivity index (χ0n) is 24.1. The van der Waals surface area contributed by atoms with Crippen molar-refractivity contribution in [3.05, 3.63) is 71.8 Å². The molecule has 4 amide bonds. The topological polar surface area (TPSA) is 172 Å². The van der Waals surface area contributed by atoms with Crippen molar-refractivity contribution >= 4 is 42.2 Å². The summed E-state index contributed by atoms with van der Waals surface area (Å²) >= 11 is 0. The molecule has 1 saturated heterocycles. The number of likely N-dealkylation sites (tertiary alicyclic amines) is 1. The van der Waals surface area contributed by atoms with Crippen LogP contribution in [0.3, 0.4) is 0 Å². The van der Waals surface area contributed by atoms with Gasteiger partial charge >= 0.3 is 12.0 Å². The first kappa shape index (κ1) is 33.2. The van der Waals surface area contributed by atoms with Gasteiger partial charge in [-0.1, -0.05) is 60.7 Å². The number of halogens is 1. The average molecular weight is 614 g/mol. The minimum Gasteiger partial charge on any atom is -0.480 e. The highest BCUT2D eigenvalue weighted by Gasteiger charge is 2.39. The molecule has 0 unspecified atom stereocenters. The van der Waals surface area contributed by atoms with Gasteiger partial charge < -0.3 is 36.2 Å². The minimum atomic E-state index is -1.28. The number of likely N-dealkylation sites (N-methyl/N-ethyl adjacent to an activating group) is 1. The van der Waals surface area contributed by atoms with Crippen LogP contribution in [-0.4, -0.2) is 94.4 Å². The lowest BCUT2D eigenvalue weighted by Crippen LogP contribution is -2.56. The van der Waals surface area contributed by atoms with Gasteiger partial charge in [0.2, 0.25) is 11.8 Å². The van der Waals surface area contributed by atoms with Crippen molar-refractivity contribution in [3.8, 4) is 0 Å². The lowest BCUT2D eigenvalue weighted by Gasteiger charge is -2.38. The molecule has 2 fully saturated rings. The zero-order valence-corrected chi connectivity index (χ0v) is 25.0. The molecule has 13 heteroatoms. The number of carbonyl (C=O) groups excluding carboxylic acids is 3. The SMILES string of the molecule is CN(C(=O)C[C@H](NC(=O)NC(c1ccccc1)c1ccccc1)C(=O)N(CC(=O)O)C1CC1)[C@H]1CCCN(C(=N)N)C1.Cl. The number of aliphatic carboxylic acids is 1. The second kappa shape index (κ2) is 15.2. The first-order chi connectivity index (χ1) is 20.1. The molecule has 2 atom stereocenters. The Morgan fingerprint density at radius 2 is 1.56 bits per heavy atom. The smallest absolute Gasteiger partial charge is 0.323 e. The number of piperidine rings is 1. The number of hydrogen-bond acceptors (Lipinski definition) is 5. The van der Waals surface area contributed by atoms with E-state index in [1.165, 1.54) is 9.80 Å². The third-order valence-corrected chi connectivity index (χ3v) is 7.78. The third-order valence-electron chi connectivity index (χ3n) is 7.78. The summed E-state index contributed by atoms with van der Waals surface area (Å²) < 4.78 is 0. The highest BCUT2D eigenvalue weighted by Crippen LogP contribution is 2.28. The Balaban J connectivity index is 0.00000506. The van der Waals surface area contributed by atoms with E-state index in [1.807, 2.05) is 60.7 Å². The van der Waals surface area contributed by atoms with Gasteiger partial charge in [-0.15, -0.1) is 12.4 Å². The molecule has 4 rings (SSSR count). The molecule has 1 heterocycles. The zero-order chi connectivity index (χ0) is 30.2. The lowest BCUT2D eigenvalue weighted by atomic mass is 9.99. The first-order valence-corrected chi connectivity index (χ1v) is 14.2. The first-order valence-electron chi connectivity index (χ1n) is 14.2. The molecule has 12 nitrogen and oxygen atoms in total. The number of hydrogen-bond donors (Lipinski definition) is 5. The number of carboxylic acids is 1. The maximum atomic E-state index is 13.7. The van der Waals surface area contributed by atoms with Crippen LogP contribution in [0, 0.1) is 5.41 Å². The second-order valence-corrected chi connectivity index (χ2v) is 10.9. The highest BCUT2D eigenvalue weighted by atomic mass is 35.5. The number of benzene rings is 2. The molecular weight excluding hydrogens is 574 g/mol. The molecule has 6 N–H and O–H groups in total. The molecule has 2 aromatic rings. The maximum Gasteiger partial charge on any atom is 0.323 e. The summed E-state index contributed by atoms with van der Waals surface area (Å²) in [5.74, 6) is -2.21. The van der Waals surface area contributed by atoms with Gasteiger partial charge in [-0.3, -0.25) is 19.8 Å². The van der Waals surface area contributed by atoms with E-state index in [-0.39, 0.29) is 42.8 Å². The van der Waals surface area contributed by atoms with Gasteiger partial charge in [-0.2, -0.15) is 0 Å². The monoisotopic (exact) mass is 613 g/mol. The Morgan fingerprint density at radius 3 is 2.07 bits per heavy atom. The Hall–Kier alpha value is -4.32. The molecule has 0 radical (unpaired) electrons. The van der Waals surface area contributed by atoms with Crippen LogP contribution in [0.25, 0.3) is 0 Å². The Kier molecular flexibility index (Phi) is 11.8. The third kappa shape index (κ3) is 9.08. The number of nitrogens with one attached hydrogen (secondary N) is 3. The fourth-order valence-corrected chi connectivity index (χ4v) is 5.31.